The first-order chi connectivity index (χ1) is 7.39. The SMILES string of the molecule is CN1CCC(N)C1c1ccc(C(C)(C)C)s1. The van der Waals surface area contributed by atoms with E-state index in [1.54, 1.807) is 0 Å². The lowest BCUT2D eigenvalue weighted by Crippen LogP contribution is -2.28. The van der Waals surface area contributed by atoms with Crippen LogP contribution in [0, 0.1) is 0 Å². The number of nitrogens with two attached hydrogens (primary N) is 1. The van der Waals surface area contributed by atoms with Crippen LogP contribution in [0.15, 0.2) is 12.1 Å². The molecule has 0 aromatic carbocycles. The number of rotatable bonds is 1. The Labute approximate surface area is 102 Å². The summed E-state index contributed by atoms with van der Waals surface area (Å²) in [6.07, 6.45) is 1.11. The molecule has 0 radical (unpaired) electrons. The summed E-state index contributed by atoms with van der Waals surface area (Å²) in [6.45, 7) is 7.91. The smallest absolute Gasteiger partial charge is 0.0591 e. The maximum absolute atomic E-state index is 6.18. The third-order valence-electron chi connectivity index (χ3n) is 3.35. The Morgan fingerprint density at radius 2 is 2.06 bits per heavy atom. The van der Waals surface area contributed by atoms with Crippen LogP contribution < -0.4 is 5.73 Å². The summed E-state index contributed by atoms with van der Waals surface area (Å²) < 4.78 is 0. The summed E-state index contributed by atoms with van der Waals surface area (Å²) in [6, 6.07) is 5.26. The highest BCUT2D eigenvalue weighted by atomic mass is 32.1. The Balaban J connectivity index is 2.25. The molecule has 90 valence electrons. The summed E-state index contributed by atoms with van der Waals surface area (Å²) >= 11 is 1.92. The Morgan fingerprint density at radius 1 is 1.38 bits per heavy atom. The fourth-order valence-corrected chi connectivity index (χ4v) is 3.63. The molecule has 1 aliphatic heterocycles. The summed E-state index contributed by atoms with van der Waals surface area (Å²) in [5.41, 5.74) is 6.44. The highest BCUT2D eigenvalue weighted by molar-refractivity contribution is 7.12. The molecule has 1 saturated heterocycles. The molecular formula is C13H22N2S. The van der Waals surface area contributed by atoms with Crippen molar-refractivity contribution in [1.82, 2.24) is 4.90 Å². The van der Waals surface area contributed by atoms with Crippen molar-refractivity contribution in [2.24, 2.45) is 5.73 Å². The molecule has 0 bridgehead atoms. The van der Waals surface area contributed by atoms with Gasteiger partial charge in [0.05, 0.1) is 6.04 Å². The van der Waals surface area contributed by atoms with E-state index in [1.807, 2.05) is 11.3 Å². The van der Waals surface area contributed by atoms with Gasteiger partial charge in [0.1, 0.15) is 0 Å². The summed E-state index contributed by atoms with van der Waals surface area (Å²) in [5, 5.41) is 0. The lowest BCUT2D eigenvalue weighted by atomic mass is 9.95. The van der Waals surface area contributed by atoms with Crippen molar-refractivity contribution in [3.8, 4) is 0 Å². The summed E-state index contributed by atoms with van der Waals surface area (Å²) in [4.78, 5) is 5.26. The van der Waals surface area contributed by atoms with Crippen LogP contribution in [-0.4, -0.2) is 24.5 Å². The average molecular weight is 238 g/mol. The molecule has 3 heteroatoms. The van der Waals surface area contributed by atoms with E-state index in [0.717, 1.165) is 13.0 Å². The topological polar surface area (TPSA) is 29.3 Å². The predicted molar refractivity (Wildman–Crippen MR) is 71.0 cm³/mol. The van der Waals surface area contributed by atoms with Crippen molar-refractivity contribution < 1.29 is 0 Å². The van der Waals surface area contributed by atoms with Gasteiger partial charge in [-0.25, -0.2) is 0 Å². The number of hydrogen-bond donors (Lipinski definition) is 1. The second-order valence-corrected chi connectivity index (χ2v) is 6.95. The molecule has 2 heterocycles. The zero-order chi connectivity index (χ0) is 11.9. The van der Waals surface area contributed by atoms with Crippen molar-refractivity contribution in [1.29, 1.82) is 0 Å². The molecule has 2 unspecified atom stereocenters. The first kappa shape index (κ1) is 12.1. The van der Waals surface area contributed by atoms with Crippen molar-refractivity contribution in [2.45, 2.75) is 44.7 Å². The molecule has 1 aliphatic rings. The summed E-state index contributed by atoms with van der Waals surface area (Å²) in [5.74, 6) is 0. The molecule has 1 aromatic heterocycles. The molecule has 0 aliphatic carbocycles. The first-order valence-corrected chi connectivity index (χ1v) is 6.77. The van der Waals surface area contributed by atoms with Crippen molar-refractivity contribution in [3.05, 3.63) is 21.9 Å². The van der Waals surface area contributed by atoms with E-state index in [-0.39, 0.29) is 5.41 Å². The van der Waals surface area contributed by atoms with Crippen LogP contribution in [0.4, 0.5) is 0 Å². The van der Waals surface area contributed by atoms with E-state index in [4.69, 9.17) is 5.73 Å². The van der Waals surface area contributed by atoms with Crippen molar-refractivity contribution in [2.75, 3.05) is 13.6 Å². The molecule has 0 spiro atoms. The Morgan fingerprint density at radius 3 is 2.50 bits per heavy atom. The number of likely N-dealkylation sites (tertiary alicyclic amines) is 1. The third kappa shape index (κ3) is 2.17. The minimum Gasteiger partial charge on any atom is -0.326 e. The highest BCUT2D eigenvalue weighted by Crippen LogP contribution is 2.37. The number of hydrogen-bond acceptors (Lipinski definition) is 3. The zero-order valence-corrected chi connectivity index (χ0v) is 11.5. The van der Waals surface area contributed by atoms with Gasteiger partial charge < -0.3 is 5.73 Å². The summed E-state index contributed by atoms with van der Waals surface area (Å²) in [7, 11) is 2.17. The van der Waals surface area contributed by atoms with E-state index >= 15 is 0 Å². The second-order valence-electron chi connectivity index (χ2n) is 5.83. The molecular weight excluding hydrogens is 216 g/mol. The van der Waals surface area contributed by atoms with Gasteiger partial charge in [-0.15, -0.1) is 11.3 Å². The Kier molecular flexibility index (Phi) is 3.12. The zero-order valence-electron chi connectivity index (χ0n) is 10.7. The van der Waals surface area contributed by atoms with Gasteiger partial charge in [0.2, 0.25) is 0 Å². The van der Waals surface area contributed by atoms with Gasteiger partial charge in [-0.1, -0.05) is 20.8 Å². The largest absolute Gasteiger partial charge is 0.326 e. The predicted octanol–water partition coefficient (Wildman–Crippen LogP) is 2.75. The lowest BCUT2D eigenvalue weighted by Gasteiger charge is -2.22. The van der Waals surface area contributed by atoms with E-state index < -0.39 is 0 Å². The maximum Gasteiger partial charge on any atom is 0.0591 e. The Bertz CT molecular complexity index is 354. The molecule has 2 N–H and O–H groups in total. The van der Waals surface area contributed by atoms with Crippen LogP contribution in [0.5, 0.6) is 0 Å². The lowest BCUT2D eigenvalue weighted by molar-refractivity contribution is 0.308. The molecule has 2 atom stereocenters. The number of thiophene rings is 1. The van der Waals surface area contributed by atoms with Crippen molar-refractivity contribution >= 4 is 11.3 Å². The van der Waals surface area contributed by atoms with Gasteiger partial charge >= 0.3 is 0 Å². The van der Waals surface area contributed by atoms with E-state index in [1.165, 1.54) is 9.75 Å². The minimum atomic E-state index is 0.254. The van der Waals surface area contributed by atoms with E-state index in [9.17, 15) is 0 Å². The molecule has 0 amide bonds. The average Bonchev–Trinajstić information content (AvgIpc) is 2.72. The van der Waals surface area contributed by atoms with Crippen LogP contribution in [0.2, 0.25) is 0 Å². The van der Waals surface area contributed by atoms with Gasteiger partial charge in [-0.3, -0.25) is 4.90 Å². The molecule has 2 nitrogen and oxygen atoms in total. The molecule has 1 aromatic rings. The van der Waals surface area contributed by atoms with E-state index in [0.29, 0.717) is 12.1 Å². The number of nitrogens with zero attached hydrogens (tertiary/aromatic N) is 1. The molecule has 2 rings (SSSR count). The third-order valence-corrected chi connectivity index (χ3v) is 4.93. The Hall–Kier alpha value is -0.380. The normalized spacial score (nSPS) is 27.6. The number of likely N-dealkylation sites (N-methyl/N-ethyl adjacent to an activating group) is 1. The van der Waals surface area contributed by atoms with Gasteiger partial charge in [-0.2, -0.15) is 0 Å². The van der Waals surface area contributed by atoms with Crippen LogP contribution in [0.3, 0.4) is 0 Å². The van der Waals surface area contributed by atoms with Crippen LogP contribution in [-0.2, 0) is 5.41 Å². The fourth-order valence-electron chi connectivity index (χ4n) is 2.32. The van der Waals surface area contributed by atoms with Crippen molar-refractivity contribution in [3.63, 3.8) is 0 Å². The highest BCUT2D eigenvalue weighted by Gasteiger charge is 2.32. The first-order valence-electron chi connectivity index (χ1n) is 5.95. The molecule has 0 saturated carbocycles. The van der Waals surface area contributed by atoms with Crippen LogP contribution in [0.1, 0.15) is 43.0 Å². The van der Waals surface area contributed by atoms with Gasteiger partial charge in [0, 0.05) is 22.3 Å². The van der Waals surface area contributed by atoms with Gasteiger partial charge in [0.25, 0.3) is 0 Å². The standard InChI is InChI=1S/C13H22N2S/c1-13(2,3)11-6-5-10(16-11)12-9(14)7-8-15(12)4/h5-6,9,12H,7-8,14H2,1-4H3. The van der Waals surface area contributed by atoms with Crippen LogP contribution in [0.25, 0.3) is 0 Å². The second kappa shape index (κ2) is 4.13. The monoisotopic (exact) mass is 238 g/mol. The fraction of sp³-hybridized carbons (Fsp3) is 0.692. The van der Waals surface area contributed by atoms with Crippen LogP contribution >= 0.6 is 11.3 Å². The molecule has 1 fully saturated rings. The van der Waals surface area contributed by atoms with Gasteiger partial charge in [0.15, 0.2) is 0 Å². The van der Waals surface area contributed by atoms with E-state index in [2.05, 4.69) is 44.9 Å². The minimum absolute atomic E-state index is 0.254. The molecule has 16 heavy (non-hydrogen) atoms. The quantitative estimate of drug-likeness (QED) is 0.815. The van der Waals surface area contributed by atoms with Gasteiger partial charge in [-0.05, 0) is 31.0 Å². The maximum atomic E-state index is 6.18.